The third-order valence-electron chi connectivity index (χ3n) is 2.80. The molecule has 6 nitrogen and oxygen atoms in total. The zero-order valence-corrected chi connectivity index (χ0v) is 13.9. The number of urea groups is 1. The molecule has 1 aromatic heterocycles. The fourth-order valence-electron chi connectivity index (χ4n) is 1.66. The van der Waals surface area contributed by atoms with Gasteiger partial charge in [-0.15, -0.1) is 11.3 Å². The molecule has 0 fully saturated rings. The Morgan fingerprint density at radius 1 is 1.38 bits per heavy atom. The van der Waals surface area contributed by atoms with E-state index in [1.807, 2.05) is 40.0 Å². The molecule has 118 valence electrons. The summed E-state index contributed by atoms with van der Waals surface area (Å²) in [5.74, 6) is -0.855. The summed E-state index contributed by atoms with van der Waals surface area (Å²) in [4.78, 5) is 27.3. The van der Waals surface area contributed by atoms with Crippen LogP contribution in [-0.4, -0.2) is 28.1 Å². The van der Waals surface area contributed by atoms with E-state index in [0.717, 1.165) is 5.69 Å². The Morgan fingerprint density at radius 2 is 2.00 bits per heavy atom. The molecular weight excluding hydrogens is 290 g/mol. The highest BCUT2D eigenvalue weighted by atomic mass is 32.1. The van der Waals surface area contributed by atoms with E-state index < -0.39 is 18.0 Å². The van der Waals surface area contributed by atoms with Crippen LogP contribution in [0.1, 0.15) is 46.7 Å². The number of nitrogens with zero attached hydrogens (tertiary/aromatic N) is 1. The van der Waals surface area contributed by atoms with Crippen molar-refractivity contribution >= 4 is 28.5 Å². The zero-order valence-electron chi connectivity index (χ0n) is 13.1. The molecule has 0 aromatic carbocycles. The maximum atomic E-state index is 11.8. The number of thiazole rings is 1. The number of hydrogen-bond acceptors (Lipinski definition) is 4. The van der Waals surface area contributed by atoms with Gasteiger partial charge >= 0.3 is 12.0 Å². The molecule has 3 N–H and O–H groups in total. The van der Waals surface area contributed by atoms with Crippen molar-refractivity contribution in [3.8, 4) is 0 Å². The molecule has 1 aromatic rings. The molecule has 0 aliphatic heterocycles. The number of anilines is 1. The van der Waals surface area contributed by atoms with Crippen molar-refractivity contribution in [2.75, 3.05) is 5.32 Å². The summed E-state index contributed by atoms with van der Waals surface area (Å²) in [6.45, 7) is 9.93. The minimum Gasteiger partial charge on any atom is -0.480 e. The van der Waals surface area contributed by atoms with Gasteiger partial charge in [0.25, 0.3) is 0 Å². The van der Waals surface area contributed by atoms with Gasteiger partial charge < -0.3 is 10.4 Å². The van der Waals surface area contributed by atoms with Gasteiger partial charge in [0.15, 0.2) is 5.13 Å². The van der Waals surface area contributed by atoms with Crippen LogP contribution in [-0.2, 0) is 10.2 Å². The standard InChI is InChI=1S/C14H23N3O3S/c1-8(2)6-9(11(18)19)15-12(20)17-13-16-10(7-21-13)14(3,4)5/h7-9H,6H2,1-5H3,(H,18,19)(H2,15,16,17,20). The van der Waals surface area contributed by atoms with E-state index in [0.29, 0.717) is 11.6 Å². The second-order valence-corrected chi connectivity index (χ2v) is 7.26. The summed E-state index contributed by atoms with van der Waals surface area (Å²) in [7, 11) is 0. The molecular formula is C14H23N3O3S. The van der Waals surface area contributed by atoms with Crippen molar-refractivity contribution in [2.24, 2.45) is 5.92 Å². The van der Waals surface area contributed by atoms with E-state index in [1.54, 1.807) is 0 Å². The lowest BCUT2D eigenvalue weighted by atomic mass is 9.93. The number of carboxylic acid groups (broad SMARTS) is 1. The van der Waals surface area contributed by atoms with Gasteiger partial charge in [0.1, 0.15) is 6.04 Å². The lowest BCUT2D eigenvalue weighted by Crippen LogP contribution is -2.43. The van der Waals surface area contributed by atoms with Crippen LogP contribution in [0.15, 0.2) is 5.38 Å². The van der Waals surface area contributed by atoms with Crippen molar-refractivity contribution < 1.29 is 14.7 Å². The van der Waals surface area contributed by atoms with E-state index in [1.165, 1.54) is 11.3 Å². The number of hydrogen-bond donors (Lipinski definition) is 3. The van der Waals surface area contributed by atoms with Gasteiger partial charge in [-0.1, -0.05) is 34.6 Å². The lowest BCUT2D eigenvalue weighted by molar-refractivity contribution is -0.139. The second kappa shape index (κ2) is 6.89. The second-order valence-electron chi connectivity index (χ2n) is 6.41. The van der Waals surface area contributed by atoms with Gasteiger partial charge in [-0.2, -0.15) is 0 Å². The van der Waals surface area contributed by atoms with E-state index in [9.17, 15) is 9.59 Å². The van der Waals surface area contributed by atoms with Gasteiger partial charge in [0.05, 0.1) is 5.69 Å². The smallest absolute Gasteiger partial charge is 0.326 e. The molecule has 7 heteroatoms. The summed E-state index contributed by atoms with van der Waals surface area (Å²) < 4.78 is 0. The monoisotopic (exact) mass is 313 g/mol. The molecule has 2 amide bonds. The molecule has 0 aliphatic carbocycles. The Hall–Kier alpha value is -1.63. The largest absolute Gasteiger partial charge is 0.480 e. The molecule has 1 atom stereocenters. The van der Waals surface area contributed by atoms with Crippen molar-refractivity contribution in [1.29, 1.82) is 0 Å². The first-order chi connectivity index (χ1) is 9.59. The first kappa shape index (κ1) is 17.4. The topological polar surface area (TPSA) is 91.3 Å². The number of carbonyl (C=O) groups is 2. The van der Waals surface area contributed by atoms with Crippen LogP contribution in [0.4, 0.5) is 9.93 Å². The summed E-state index contributed by atoms with van der Waals surface area (Å²) >= 11 is 1.32. The first-order valence-corrected chi connectivity index (χ1v) is 7.74. The molecule has 1 heterocycles. The maximum Gasteiger partial charge on any atom is 0.326 e. The van der Waals surface area contributed by atoms with E-state index >= 15 is 0 Å². The average Bonchev–Trinajstić information content (AvgIpc) is 2.75. The third-order valence-corrected chi connectivity index (χ3v) is 3.56. The van der Waals surface area contributed by atoms with Gasteiger partial charge in [-0.25, -0.2) is 14.6 Å². The normalized spacial score (nSPS) is 13.0. The highest BCUT2D eigenvalue weighted by molar-refractivity contribution is 7.13. The lowest BCUT2D eigenvalue weighted by Gasteiger charge is -2.16. The Bertz CT molecular complexity index is 506. The highest BCUT2D eigenvalue weighted by Gasteiger charge is 2.22. The number of carbonyl (C=O) groups excluding carboxylic acids is 1. The van der Waals surface area contributed by atoms with Crippen LogP contribution in [0, 0.1) is 5.92 Å². The summed E-state index contributed by atoms with van der Waals surface area (Å²) in [6, 6.07) is -1.44. The molecule has 21 heavy (non-hydrogen) atoms. The van der Waals surface area contributed by atoms with Crippen molar-refractivity contribution in [2.45, 2.75) is 52.5 Å². The van der Waals surface area contributed by atoms with E-state index in [2.05, 4.69) is 15.6 Å². The van der Waals surface area contributed by atoms with Crippen molar-refractivity contribution in [3.63, 3.8) is 0 Å². The first-order valence-electron chi connectivity index (χ1n) is 6.86. The van der Waals surface area contributed by atoms with Gasteiger partial charge in [0, 0.05) is 10.8 Å². The van der Waals surface area contributed by atoms with Crippen LogP contribution in [0.2, 0.25) is 0 Å². The average molecular weight is 313 g/mol. The molecule has 1 unspecified atom stereocenters. The van der Waals surface area contributed by atoms with Gasteiger partial charge in [-0.05, 0) is 12.3 Å². The Kier molecular flexibility index (Phi) is 5.71. The summed E-state index contributed by atoms with van der Waals surface area (Å²) in [5.41, 5.74) is 0.800. The van der Waals surface area contributed by atoms with Crippen LogP contribution < -0.4 is 10.6 Å². The number of rotatable bonds is 5. The van der Waals surface area contributed by atoms with Gasteiger partial charge in [-0.3, -0.25) is 5.32 Å². The van der Waals surface area contributed by atoms with Crippen LogP contribution in [0.25, 0.3) is 0 Å². The fourth-order valence-corrected chi connectivity index (χ4v) is 2.59. The number of aromatic nitrogens is 1. The van der Waals surface area contributed by atoms with Gasteiger partial charge in [0.2, 0.25) is 0 Å². The van der Waals surface area contributed by atoms with Crippen molar-refractivity contribution in [3.05, 3.63) is 11.1 Å². The minimum atomic E-state index is -1.03. The maximum absolute atomic E-state index is 11.8. The predicted octanol–water partition coefficient (Wildman–Crippen LogP) is 3.06. The Balaban J connectivity index is 2.64. The SMILES string of the molecule is CC(C)CC(NC(=O)Nc1nc(C(C)(C)C)cs1)C(=O)O. The molecule has 0 saturated carbocycles. The van der Waals surface area contributed by atoms with E-state index in [-0.39, 0.29) is 11.3 Å². The summed E-state index contributed by atoms with van der Waals surface area (Å²) in [5, 5.41) is 16.5. The minimum absolute atomic E-state index is 0.0891. The number of nitrogens with one attached hydrogen (secondary N) is 2. The third kappa shape index (κ3) is 5.71. The Labute approximate surface area is 129 Å². The molecule has 0 bridgehead atoms. The molecule has 0 spiro atoms. The van der Waals surface area contributed by atoms with Crippen molar-refractivity contribution in [1.82, 2.24) is 10.3 Å². The quantitative estimate of drug-likeness (QED) is 0.779. The summed E-state index contributed by atoms with van der Waals surface area (Å²) in [6.07, 6.45) is 0.383. The highest BCUT2D eigenvalue weighted by Crippen LogP contribution is 2.26. The predicted molar refractivity (Wildman–Crippen MR) is 83.8 cm³/mol. The Morgan fingerprint density at radius 3 is 2.43 bits per heavy atom. The van der Waals surface area contributed by atoms with Crippen LogP contribution in [0.3, 0.4) is 0 Å². The zero-order chi connectivity index (χ0) is 16.2. The molecule has 0 aliphatic rings. The van der Waals surface area contributed by atoms with Crippen LogP contribution >= 0.6 is 11.3 Å². The molecule has 0 saturated heterocycles. The number of amides is 2. The number of aliphatic carboxylic acids is 1. The fraction of sp³-hybridized carbons (Fsp3) is 0.643. The van der Waals surface area contributed by atoms with Crippen LogP contribution in [0.5, 0.6) is 0 Å². The molecule has 1 rings (SSSR count). The molecule has 0 radical (unpaired) electrons. The van der Waals surface area contributed by atoms with E-state index in [4.69, 9.17) is 5.11 Å². The number of carboxylic acids is 1.